The summed E-state index contributed by atoms with van der Waals surface area (Å²) in [7, 11) is 0. The Balaban J connectivity index is 1.83. The number of hydrogen-bond donors (Lipinski definition) is 4. The molecule has 0 aliphatic carbocycles. The summed E-state index contributed by atoms with van der Waals surface area (Å²) in [6.07, 6.45) is 0. The van der Waals surface area contributed by atoms with Crippen molar-refractivity contribution in [2.75, 3.05) is 0 Å². The molecule has 0 radical (unpaired) electrons. The molecular weight excluding hydrogens is 388 g/mol. The summed E-state index contributed by atoms with van der Waals surface area (Å²) in [4.78, 5) is 13.5. The van der Waals surface area contributed by atoms with E-state index in [0.29, 0.717) is 24.2 Å². The molecule has 7 nitrogen and oxygen atoms in total. The molecule has 31 heavy (non-hydrogen) atoms. The van der Waals surface area contributed by atoms with Crippen molar-refractivity contribution < 1.29 is 0 Å². The Labute approximate surface area is 179 Å². The van der Waals surface area contributed by atoms with Gasteiger partial charge in [-0.3, -0.25) is 20.0 Å². The molecular formula is C24H24N6O. The highest BCUT2D eigenvalue weighted by Crippen LogP contribution is 2.20. The van der Waals surface area contributed by atoms with Crippen LogP contribution in [-0.2, 0) is 13.1 Å². The van der Waals surface area contributed by atoms with Gasteiger partial charge >= 0.3 is 5.69 Å². The van der Waals surface area contributed by atoms with E-state index in [0.717, 1.165) is 27.7 Å². The van der Waals surface area contributed by atoms with Crippen LogP contribution in [0.1, 0.15) is 27.8 Å². The first kappa shape index (κ1) is 20.2. The number of nitrogen functional groups attached to an aromatic ring is 2. The quantitative estimate of drug-likeness (QED) is 0.287. The van der Waals surface area contributed by atoms with Gasteiger partial charge < -0.3 is 11.5 Å². The molecule has 0 amide bonds. The third-order valence-corrected chi connectivity index (χ3v) is 5.40. The third kappa shape index (κ3) is 3.85. The van der Waals surface area contributed by atoms with Crippen LogP contribution in [0.3, 0.4) is 0 Å². The highest BCUT2D eigenvalue weighted by atomic mass is 16.1. The molecule has 6 N–H and O–H groups in total. The maximum absolute atomic E-state index is 13.5. The van der Waals surface area contributed by atoms with Crippen molar-refractivity contribution in [3.63, 3.8) is 0 Å². The predicted molar refractivity (Wildman–Crippen MR) is 124 cm³/mol. The van der Waals surface area contributed by atoms with Crippen LogP contribution < -0.4 is 17.2 Å². The number of benzene rings is 3. The molecule has 0 saturated heterocycles. The topological polar surface area (TPSA) is 127 Å². The minimum atomic E-state index is -0.120. The van der Waals surface area contributed by atoms with Gasteiger partial charge in [-0.15, -0.1) is 0 Å². The SMILES string of the molecule is Cc1cccc2c1n(Cc1cccc(C(=N)N)c1)c(=O)n2Cc1cccc(C(=N)N)c1. The molecule has 1 aromatic heterocycles. The maximum atomic E-state index is 13.5. The van der Waals surface area contributed by atoms with Crippen molar-refractivity contribution >= 4 is 22.7 Å². The number of aryl methyl sites for hydroxylation is 1. The summed E-state index contributed by atoms with van der Waals surface area (Å²) in [6, 6.07) is 20.7. The lowest BCUT2D eigenvalue weighted by atomic mass is 10.1. The van der Waals surface area contributed by atoms with Crippen LogP contribution in [0, 0.1) is 17.7 Å². The standard InChI is InChI=1S/C24H24N6O/c1-15-5-2-10-20-21(15)30(14-17-7-4-9-19(12-17)23(27)28)24(31)29(20)13-16-6-3-8-18(11-16)22(25)26/h2-12H,13-14H2,1H3,(H3,25,26)(H3,27,28). The van der Waals surface area contributed by atoms with Gasteiger partial charge in [-0.2, -0.15) is 0 Å². The van der Waals surface area contributed by atoms with E-state index < -0.39 is 0 Å². The molecule has 1 heterocycles. The summed E-state index contributed by atoms with van der Waals surface area (Å²) in [5, 5.41) is 15.3. The minimum absolute atomic E-state index is 0.00170. The second-order valence-electron chi connectivity index (χ2n) is 7.63. The number of amidine groups is 2. The van der Waals surface area contributed by atoms with E-state index in [-0.39, 0.29) is 17.4 Å². The van der Waals surface area contributed by atoms with E-state index in [2.05, 4.69) is 0 Å². The molecule has 4 rings (SSSR count). The van der Waals surface area contributed by atoms with E-state index in [1.54, 1.807) is 21.3 Å². The molecule has 0 saturated carbocycles. The first-order valence-electron chi connectivity index (χ1n) is 9.90. The normalized spacial score (nSPS) is 11.0. The summed E-state index contributed by atoms with van der Waals surface area (Å²) in [6.45, 7) is 2.74. The van der Waals surface area contributed by atoms with Gasteiger partial charge in [0.2, 0.25) is 0 Å². The van der Waals surface area contributed by atoms with E-state index in [4.69, 9.17) is 22.3 Å². The van der Waals surface area contributed by atoms with E-state index >= 15 is 0 Å². The summed E-state index contributed by atoms with van der Waals surface area (Å²) in [5.74, 6) is -0.00372. The smallest absolute Gasteiger partial charge is 0.329 e. The monoisotopic (exact) mass is 412 g/mol. The maximum Gasteiger partial charge on any atom is 0.329 e. The Bertz CT molecular complexity index is 1380. The largest absolute Gasteiger partial charge is 0.384 e. The Morgan fingerprint density at radius 2 is 1.32 bits per heavy atom. The molecule has 0 fully saturated rings. The molecule has 0 aliphatic heterocycles. The van der Waals surface area contributed by atoms with Crippen LogP contribution in [0.25, 0.3) is 11.0 Å². The fourth-order valence-electron chi connectivity index (χ4n) is 3.90. The van der Waals surface area contributed by atoms with Crippen molar-refractivity contribution in [3.8, 4) is 0 Å². The number of nitrogens with one attached hydrogen (secondary N) is 2. The zero-order chi connectivity index (χ0) is 22.1. The third-order valence-electron chi connectivity index (χ3n) is 5.40. The minimum Gasteiger partial charge on any atom is -0.384 e. The van der Waals surface area contributed by atoms with Gasteiger partial charge in [-0.05, 0) is 41.8 Å². The number of imidazole rings is 1. The number of aromatic nitrogens is 2. The Kier molecular flexibility index (Phi) is 5.17. The highest BCUT2D eigenvalue weighted by Gasteiger charge is 2.16. The molecule has 3 aromatic carbocycles. The summed E-state index contributed by atoms with van der Waals surface area (Å²) < 4.78 is 3.51. The van der Waals surface area contributed by atoms with Gasteiger partial charge in [0.05, 0.1) is 24.1 Å². The Morgan fingerprint density at radius 1 is 0.806 bits per heavy atom. The second kappa shape index (κ2) is 7.95. The van der Waals surface area contributed by atoms with Gasteiger partial charge in [0.15, 0.2) is 0 Å². The zero-order valence-electron chi connectivity index (χ0n) is 17.2. The number of nitrogens with zero attached hydrogens (tertiary/aromatic N) is 2. The lowest BCUT2D eigenvalue weighted by molar-refractivity contribution is 0.700. The first-order chi connectivity index (χ1) is 14.8. The number of rotatable bonds is 6. The summed E-state index contributed by atoms with van der Waals surface area (Å²) >= 11 is 0. The molecule has 0 bridgehead atoms. The van der Waals surface area contributed by atoms with Crippen LogP contribution >= 0.6 is 0 Å². The molecule has 156 valence electrons. The molecule has 0 aliphatic rings. The average Bonchev–Trinajstić information content (AvgIpc) is 3.01. The van der Waals surface area contributed by atoms with Crippen LogP contribution in [0.4, 0.5) is 0 Å². The van der Waals surface area contributed by atoms with E-state index in [1.165, 1.54) is 0 Å². The van der Waals surface area contributed by atoms with Crippen molar-refractivity contribution in [2.24, 2.45) is 11.5 Å². The zero-order valence-corrected chi connectivity index (χ0v) is 17.2. The molecule has 4 aromatic rings. The van der Waals surface area contributed by atoms with Crippen molar-refractivity contribution in [3.05, 3.63) is 105 Å². The lowest BCUT2D eigenvalue weighted by Crippen LogP contribution is -2.25. The molecule has 7 heteroatoms. The van der Waals surface area contributed by atoms with Crippen molar-refractivity contribution in [1.29, 1.82) is 10.8 Å². The molecule has 0 spiro atoms. The van der Waals surface area contributed by atoms with Crippen LogP contribution in [0.2, 0.25) is 0 Å². The molecule has 0 unspecified atom stereocenters. The van der Waals surface area contributed by atoms with Gasteiger partial charge in [-0.1, -0.05) is 48.5 Å². The Morgan fingerprint density at radius 3 is 1.87 bits per heavy atom. The number of hydrogen-bond acceptors (Lipinski definition) is 3. The fourth-order valence-corrected chi connectivity index (χ4v) is 3.90. The highest BCUT2D eigenvalue weighted by molar-refractivity contribution is 5.95. The molecule has 0 atom stereocenters. The van der Waals surface area contributed by atoms with Crippen LogP contribution in [0.15, 0.2) is 71.5 Å². The van der Waals surface area contributed by atoms with Crippen LogP contribution in [0.5, 0.6) is 0 Å². The lowest BCUT2D eigenvalue weighted by Gasteiger charge is -2.07. The van der Waals surface area contributed by atoms with Crippen molar-refractivity contribution in [1.82, 2.24) is 9.13 Å². The van der Waals surface area contributed by atoms with Crippen molar-refractivity contribution in [2.45, 2.75) is 20.0 Å². The fraction of sp³-hybridized carbons (Fsp3) is 0.125. The number of nitrogens with two attached hydrogens (primary N) is 2. The first-order valence-corrected chi connectivity index (χ1v) is 9.90. The van der Waals surface area contributed by atoms with Gasteiger partial charge in [0.25, 0.3) is 0 Å². The Hall–Kier alpha value is -4.13. The number of fused-ring (bicyclic) bond motifs is 1. The van der Waals surface area contributed by atoms with Gasteiger partial charge in [0, 0.05) is 11.1 Å². The van der Waals surface area contributed by atoms with E-state index in [1.807, 2.05) is 61.5 Å². The van der Waals surface area contributed by atoms with Crippen LogP contribution in [-0.4, -0.2) is 20.8 Å². The van der Waals surface area contributed by atoms with Gasteiger partial charge in [-0.25, -0.2) is 4.79 Å². The average molecular weight is 412 g/mol. The second-order valence-corrected chi connectivity index (χ2v) is 7.63. The van der Waals surface area contributed by atoms with E-state index in [9.17, 15) is 4.79 Å². The van der Waals surface area contributed by atoms with Gasteiger partial charge in [0.1, 0.15) is 11.7 Å². The predicted octanol–water partition coefficient (Wildman–Crippen LogP) is 2.78. The number of para-hydroxylation sites is 1. The summed E-state index contributed by atoms with van der Waals surface area (Å²) in [5.41, 5.74) is 16.9.